The molecule has 82 valence electrons. The molecule has 0 spiro atoms. The third-order valence-corrected chi connectivity index (χ3v) is 2.28. The Bertz CT molecular complexity index is 291. The van der Waals surface area contributed by atoms with Gasteiger partial charge >= 0.3 is 0 Å². The van der Waals surface area contributed by atoms with Crippen molar-refractivity contribution in [1.29, 1.82) is 0 Å². The second kappa shape index (κ2) is 6.36. The van der Waals surface area contributed by atoms with E-state index < -0.39 is 0 Å². The Morgan fingerprint density at radius 1 is 1.27 bits per heavy atom. The highest BCUT2D eigenvalue weighted by Gasteiger charge is 2.03. The van der Waals surface area contributed by atoms with Crippen molar-refractivity contribution in [3.63, 3.8) is 0 Å². The van der Waals surface area contributed by atoms with Gasteiger partial charge in [-0.15, -0.1) is 0 Å². The molecule has 0 fully saturated rings. The van der Waals surface area contributed by atoms with Gasteiger partial charge in [-0.05, 0) is 26.1 Å². The van der Waals surface area contributed by atoms with Crippen LogP contribution >= 0.6 is 0 Å². The highest BCUT2D eigenvalue weighted by atomic mass is 15.1. The minimum Gasteiger partial charge on any atom is -0.307 e. The van der Waals surface area contributed by atoms with Gasteiger partial charge in [0.25, 0.3) is 0 Å². The number of hydrogen-bond donors (Lipinski definition) is 0. The summed E-state index contributed by atoms with van der Waals surface area (Å²) < 4.78 is 0. The molecule has 0 aliphatic heterocycles. The maximum Gasteiger partial charge on any atom is 0.0623 e. The Morgan fingerprint density at radius 3 is 2.47 bits per heavy atom. The molecule has 1 unspecified atom stereocenters. The van der Waals surface area contributed by atoms with Crippen LogP contribution in [0.15, 0.2) is 35.3 Å². The van der Waals surface area contributed by atoms with E-state index in [-0.39, 0.29) is 0 Å². The van der Waals surface area contributed by atoms with E-state index in [4.69, 9.17) is 0 Å². The average Bonchev–Trinajstić information content (AvgIpc) is 2.25. The Kier molecular flexibility index (Phi) is 5.05. The fourth-order valence-corrected chi connectivity index (χ4v) is 1.43. The van der Waals surface area contributed by atoms with Gasteiger partial charge < -0.3 is 4.90 Å². The van der Waals surface area contributed by atoms with Crippen LogP contribution in [0.1, 0.15) is 18.9 Å². The van der Waals surface area contributed by atoms with Crippen molar-refractivity contribution in [1.82, 2.24) is 4.90 Å². The van der Waals surface area contributed by atoms with Gasteiger partial charge in [-0.1, -0.05) is 37.3 Å². The molecule has 0 saturated heterocycles. The summed E-state index contributed by atoms with van der Waals surface area (Å²) in [5.41, 5.74) is 1.18. The third kappa shape index (κ3) is 4.75. The second-order valence-electron chi connectivity index (χ2n) is 4.01. The predicted molar refractivity (Wildman–Crippen MR) is 66.7 cm³/mol. The first-order valence-electron chi connectivity index (χ1n) is 5.45. The molecule has 1 atom stereocenters. The Balaban J connectivity index is 2.55. The van der Waals surface area contributed by atoms with Crippen molar-refractivity contribution in [3.8, 4) is 0 Å². The summed E-state index contributed by atoms with van der Waals surface area (Å²) in [6.07, 6.45) is 3.05. The van der Waals surface area contributed by atoms with Gasteiger partial charge in [0.2, 0.25) is 0 Å². The normalized spacial score (nSPS) is 13.6. The lowest BCUT2D eigenvalue weighted by Crippen LogP contribution is -2.24. The summed E-state index contributed by atoms with van der Waals surface area (Å²) in [7, 11) is 4.17. The number of nitrogens with zero attached hydrogens (tertiary/aromatic N) is 2. The first-order chi connectivity index (χ1) is 7.22. The molecule has 0 saturated carbocycles. The van der Waals surface area contributed by atoms with Crippen LogP contribution in [-0.4, -0.2) is 37.8 Å². The molecule has 0 amide bonds. The van der Waals surface area contributed by atoms with Gasteiger partial charge in [-0.2, -0.15) is 0 Å². The average molecular weight is 204 g/mol. The molecule has 0 aromatic heterocycles. The number of aliphatic imine (C=N–C) groups is 1. The van der Waals surface area contributed by atoms with Crippen LogP contribution in [0.25, 0.3) is 0 Å². The second-order valence-corrected chi connectivity index (χ2v) is 4.01. The molecule has 0 radical (unpaired) electrons. The van der Waals surface area contributed by atoms with Crippen LogP contribution in [-0.2, 0) is 0 Å². The Morgan fingerprint density at radius 2 is 1.93 bits per heavy atom. The van der Waals surface area contributed by atoms with Crippen LogP contribution in [0.3, 0.4) is 0 Å². The van der Waals surface area contributed by atoms with Crippen molar-refractivity contribution in [2.75, 3.05) is 20.6 Å². The summed E-state index contributed by atoms with van der Waals surface area (Å²) in [6, 6.07) is 10.6. The van der Waals surface area contributed by atoms with Crippen molar-refractivity contribution < 1.29 is 0 Å². The molecule has 1 aromatic carbocycles. The topological polar surface area (TPSA) is 15.6 Å². The van der Waals surface area contributed by atoms with Crippen LogP contribution in [0.2, 0.25) is 0 Å². The van der Waals surface area contributed by atoms with Crippen molar-refractivity contribution in [3.05, 3.63) is 35.9 Å². The summed E-state index contributed by atoms with van der Waals surface area (Å²) in [5.74, 6) is 0. The van der Waals surface area contributed by atoms with E-state index in [9.17, 15) is 0 Å². The van der Waals surface area contributed by atoms with E-state index in [0.717, 1.165) is 13.0 Å². The zero-order chi connectivity index (χ0) is 11.1. The minimum absolute atomic E-state index is 0.403. The smallest absolute Gasteiger partial charge is 0.0623 e. The molecule has 1 rings (SSSR count). The molecule has 0 aliphatic rings. The number of hydrogen-bond acceptors (Lipinski definition) is 2. The molecule has 0 N–H and O–H groups in total. The van der Waals surface area contributed by atoms with Gasteiger partial charge in [0.05, 0.1) is 6.04 Å². The first kappa shape index (κ1) is 11.9. The monoisotopic (exact) mass is 204 g/mol. The van der Waals surface area contributed by atoms with Crippen molar-refractivity contribution in [2.45, 2.75) is 19.4 Å². The molecule has 0 bridgehead atoms. The zero-order valence-corrected chi connectivity index (χ0v) is 9.85. The highest BCUT2D eigenvalue weighted by Crippen LogP contribution is 2.00. The van der Waals surface area contributed by atoms with E-state index in [1.807, 2.05) is 24.4 Å². The van der Waals surface area contributed by atoms with Gasteiger partial charge in [-0.25, -0.2) is 0 Å². The lowest BCUT2D eigenvalue weighted by atomic mass is 10.2. The molecule has 2 heteroatoms. The first-order valence-corrected chi connectivity index (χ1v) is 5.45. The number of rotatable bonds is 5. The number of likely N-dealkylation sites (N-methyl/N-ethyl adjacent to an activating group) is 1. The summed E-state index contributed by atoms with van der Waals surface area (Å²) in [6.45, 7) is 3.19. The predicted octanol–water partition coefficient (Wildman–Crippen LogP) is 2.45. The Hall–Kier alpha value is -1.15. The molecular weight excluding hydrogens is 184 g/mol. The van der Waals surface area contributed by atoms with Crippen molar-refractivity contribution >= 4 is 6.21 Å². The molecule has 0 aliphatic carbocycles. The molecule has 0 heterocycles. The van der Waals surface area contributed by atoms with Gasteiger partial charge in [0.15, 0.2) is 0 Å². The maximum atomic E-state index is 4.59. The van der Waals surface area contributed by atoms with Crippen LogP contribution in [0.4, 0.5) is 0 Å². The fraction of sp³-hybridized carbons (Fsp3) is 0.462. The Labute approximate surface area is 92.6 Å². The van der Waals surface area contributed by atoms with E-state index in [1.165, 1.54) is 5.56 Å². The van der Waals surface area contributed by atoms with E-state index in [1.54, 1.807) is 0 Å². The van der Waals surface area contributed by atoms with Gasteiger partial charge in [0.1, 0.15) is 0 Å². The minimum atomic E-state index is 0.403. The molecular formula is C13H20N2. The summed E-state index contributed by atoms with van der Waals surface area (Å²) in [4.78, 5) is 6.76. The zero-order valence-electron chi connectivity index (χ0n) is 9.85. The highest BCUT2D eigenvalue weighted by molar-refractivity contribution is 5.79. The van der Waals surface area contributed by atoms with E-state index in [2.05, 4.69) is 43.0 Å². The van der Waals surface area contributed by atoms with Gasteiger partial charge in [-0.3, -0.25) is 4.99 Å². The van der Waals surface area contributed by atoms with Crippen LogP contribution in [0, 0.1) is 0 Å². The lowest BCUT2D eigenvalue weighted by Gasteiger charge is -2.15. The van der Waals surface area contributed by atoms with E-state index >= 15 is 0 Å². The fourth-order valence-electron chi connectivity index (χ4n) is 1.43. The largest absolute Gasteiger partial charge is 0.307 e. The van der Waals surface area contributed by atoms with Crippen LogP contribution in [0.5, 0.6) is 0 Å². The summed E-state index contributed by atoms with van der Waals surface area (Å²) >= 11 is 0. The van der Waals surface area contributed by atoms with Gasteiger partial charge in [0, 0.05) is 12.8 Å². The maximum absolute atomic E-state index is 4.59. The standard InChI is InChI=1S/C13H20N2/c1-4-13(11-15(2)3)14-10-12-8-6-5-7-9-12/h5-10,13H,4,11H2,1-3H3. The SMILES string of the molecule is CCC(CN(C)C)N=Cc1ccccc1. The summed E-state index contributed by atoms with van der Waals surface area (Å²) in [5, 5.41) is 0. The lowest BCUT2D eigenvalue weighted by molar-refractivity contribution is 0.369. The van der Waals surface area contributed by atoms with Crippen LogP contribution < -0.4 is 0 Å². The molecule has 1 aromatic rings. The van der Waals surface area contributed by atoms with Crippen molar-refractivity contribution in [2.24, 2.45) is 4.99 Å². The number of benzene rings is 1. The third-order valence-electron chi connectivity index (χ3n) is 2.28. The molecule has 2 nitrogen and oxygen atoms in total. The molecule has 15 heavy (non-hydrogen) atoms. The quantitative estimate of drug-likeness (QED) is 0.673. The van der Waals surface area contributed by atoms with E-state index in [0.29, 0.717) is 6.04 Å².